The van der Waals surface area contributed by atoms with E-state index in [9.17, 15) is 0 Å². The first-order valence-corrected chi connectivity index (χ1v) is 16.2. The van der Waals surface area contributed by atoms with Crippen molar-refractivity contribution in [3.05, 3.63) is 42.6 Å². The predicted molar refractivity (Wildman–Crippen MR) is 164 cm³/mol. The Morgan fingerprint density at radius 3 is 1.45 bits per heavy atom. The highest BCUT2D eigenvalue weighted by Crippen LogP contribution is 2.32. The molecule has 3 nitrogen and oxygen atoms in total. The molecule has 0 saturated carbocycles. The molecule has 1 aromatic heterocycles. The van der Waals surface area contributed by atoms with Gasteiger partial charge in [0.2, 0.25) is 0 Å². The molecule has 38 heavy (non-hydrogen) atoms. The average Bonchev–Trinajstić information content (AvgIpc) is 2.95. The van der Waals surface area contributed by atoms with Crippen LogP contribution in [0.15, 0.2) is 42.6 Å². The number of benzene rings is 1. The van der Waals surface area contributed by atoms with E-state index in [-0.39, 0.29) is 0 Å². The van der Waals surface area contributed by atoms with E-state index in [4.69, 9.17) is 9.47 Å². The van der Waals surface area contributed by atoms with Crippen molar-refractivity contribution in [3.8, 4) is 22.8 Å². The molecular formula is C35H57NO2. The van der Waals surface area contributed by atoms with Crippen LogP contribution < -0.4 is 9.47 Å². The van der Waals surface area contributed by atoms with Gasteiger partial charge in [0.25, 0.3) is 0 Å². The Balaban J connectivity index is 1.69. The maximum absolute atomic E-state index is 6.27. The minimum absolute atomic E-state index is 0.747. The minimum atomic E-state index is 0.747. The summed E-state index contributed by atoms with van der Waals surface area (Å²) in [5.74, 6) is 1.73. The first-order chi connectivity index (χ1) is 18.8. The molecule has 0 radical (unpaired) electrons. The normalized spacial score (nSPS) is 11.1. The van der Waals surface area contributed by atoms with Gasteiger partial charge in [0, 0.05) is 11.8 Å². The summed E-state index contributed by atoms with van der Waals surface area (Å²) in [6, 6.07) is 12.3. The largest absolute Gasteiger partial charge is 0.490 e. The number of nitrogens with zero attached hydrogens (tertiary/aromatic N) is 1. The molecule has 0 aliphatic carbocycles. The summed E-state index contributed by atoms with van der Waals surface area (Å²) in [5, 5.41) is 0. The first-order valence-electron chi connectivity index (χ1n) is 16.2. The van der Waals surface area contributed by atoms with Crippen molar-refractivity contribution in [1.82, 2.24) is 4.98 Å². The van der Waals surface area contributed by atoms with Gasteiger partial charge in [0.1, 0.15) is 0 Å². The quantitative estimate of drug-likeness (QED) is 0.121. The SMILES string of the molecule is CCCCCCCCCCCCOc1ccc(-c2ccccn2)cc1OCCCCCCCCCCCC. The van der Waals surface area contributed by atoms with Gasteiger partial charge < -0.3 is 9.47 Å². The van der Waals surface area contributed by atoms with Gasteiger partial charge in [0.05, 0.1) is 18.9 Å². The zero-order valence-corrected chi connectivity index (χ0v) is 24.9. The lowest BCUT2D eigenvalue weighted by Gasteiger charge is -2.14. The van der Waals surface area contributed by atoms with Gasteiger partial charge in [-0.25, -0.2) is 0 Å². The van der Waals surface area contributed by atoms with E-state index in [1.165, 1.54) is 116 Å². The fraction of sp³-hybridized carbons (Fsp3) is 0.686. The zero-order valence-electron chi connectivity index (χ0n) is 24.9. The Morgan fingerprint density at radius 1 is 0.500 bits per heavy atom. The Kier molecular flexibility index (Phi) is 19.4. The fourth-order valence-electron chi connectivity index (χ4n) is 4.98. The van der Waals surface area contributed by atoms with Gasteiger partial charge >= 0.3 is 0 Å². The summed E-state index contributed by atoms with van der Waals surface area (Å²) >= 11 is 0. The van der Waals surface area contributed by atoms with Crippen molar-refractivity contribution in [2.45, 2.75) is 142 Å². The van der Waals surface area contributed by atoms with Crippen LogP contribution in [0.4, 0.5) is 0 Å². The Labute approximate surface area is 235 Å². The van der Waals surface area contributed by atoms with Gasteiger partial charge in [-0.3, -0.25) is 4.98 Å². The van der Waals surface area contributed by atoms with Crippen LogP contribution in [-0.2, 0) is 0 Å². The summed E-state index contributed by atoms with van der Waals surface area (Å²) in [6.45, 7) is 6.07. The molecule has 0 N–H and O–H groups in total. The van der Waals surface area contributed by atoms with Gasteiger partial charge in [-0.1, -0.05) is 135 Å². The topological polar surface area (TPSA) is 31.4 Å². The summed E-state index contributed by atoms with van der Waals surface area (Å²) in [6.07, 6.45) is 28.5. The number of ether oxygens (including phenoxy) is 2. The van der Waals surface area contributed by atoms with Crippen LogP contribution >= 0.6 is 0 Å². The monoisotopic (exact) mass is 523 g/mol. The van der Waals surface area contributed by atoms with E-state index < -0.39 is 0 Å². The van der Waals surface area contributed by atoms with Gasteiger partial charge in [-0.2, -0.15) is 0 Å². The lowest BCUT2D eigenvalue weighted by atomic mass is 10.1. The van der Waals surface area contributed by atoms with Crippen molar-refractivity contribution in [2.75, 3.05) is 13.2 Å². The van der Waals surface area contributed by atoms with E-state index in [0.717, 1.165) is 48.8 Å². The second-order valence-corrected chi connectivity index (χ2v) is 10.9. The van der Waals surface area contributed by atoms with Crippen LogP contribution in [-0.4, -0.2) is 18.2 Å². The molecule has 0 atom stereocenters. The smallest absolute Gasteiger partial charge is 0.161 e. The standard InChI is InChI=1S/C35H57NO2/c1-3-5-7-9-11-13-15-17-19-23-29-37-34-27-26-32(33-25-21-22-28-36-33)31-35(34)38-30-24-20-18-16-14-12-10-8-6-4-2/h21-22,25-28,31H,3-20,23-24,29-30H2,1-2H3. The van der Waals surface area contributed by atoms with Gasteiger partial charge in [-0.15, -0.1) is 0 Å². The maximum Gasteiger partial charge on any atom is 0.161 e. The number of unbranched alkanes of at least 4 members (excludes halogenated alkanes) is 18. The summed E-state index contributed by atoms with van der Waals surface area (Å²) < 4.78 is 12.5. The van der Waals surface area contributed by atoms with Crippen LogP contribution in [0.1, 0.15) is 142 Å². The van der Waals surface area contributed by atoms with Crippen molar-refractivity contribution < 1.29 is 9.47 Å². The molecule has 2 aromatic rings. The highest BCUT2D eigenvalue weighted by atomic mass is 16.5. The number of aromatic nitrogens is 1. The van der Waals surface area contributed by atoms with Crippen LogP contribution in [0, 0.1) is 0 Å². The molecule has 1 aromatic carbocycles. The average molecular weight is 524 g/mol. The highest BCUT2D eigenvalue weighted by molar-refractivity contribution is 5.63. The number of hydrogen-bond donors (Lipinski definition) is 0. The molecular weight excluding hydrogens is 466 g/mol. The van der Waals surface area contributed by atoms with E-state index in [2.05, 4.69) is 37.0 Å². The molecule has 0 fully saturated rings. The second-order valence-electron chi connectivity index (χ2n) is 10.9. The van der Waals surface area contributed by atoms with Crippen LogP contribution in [0.2, 0.25) is 0 Å². The van der Waals surface area contributed by atoms with Gasteiger partial charge in [0.15, 0.2) is 11.5 Å². The molecule has 1 heterocycles. The van der Waals surface area contributed by atoms with Crippen LogP contribution in [0.3, 0.4) is 0 Å². The second kappa shape index (κ2) is 22.9. The van der Waals surface area contributed by atoms with E-state index >= 15 is 0 Å². The summed E-state index contributed by atoms with van der Waals surface area (Å²) in [5.41, 5.74) is 2.05. The molecule has 2 rings (SSSR count). The van der Waals surface area contributed by atoms with E-state index in [1.54, 1.807) is 0 Å². The van der Waals surface area contributed by atoms with Crippen molar-refractivity contribution >= 4 is 0 Å². The molecule has 3 heteroatoms. The number of hydrogen-bond acceptors (Lipinski definition) is 3. The molecule has 0 aliphatic rings. The summed E-state index contributed by atoms with van der Waals surface area (Å²) in [4.78, 5) is 4.52. The number of rotatable bonds is 25. The van der Waals surface area contributed by atoms with Crippen LogP contribution in [0.5, 0.6) is 11.5 Å². The Bertz CT molecular complexity index is 792. The van der Waals surface area contributed by atoms with E-state index in [0.29, 0.717) is 0 Å². The van der Waals surface area contributed by atoms with Crippen LogP contribution in [0.25, 0.3) is 11.3 Å². The molecule has 0 unspecified atom stereocenters. The maximum atomic E-state index is 6.27. The number of pyridine rings is 1. The van der Waals surface area contributed by atoms with Crippen molar-refractivity contribution in [2.24, 2.45) is 0 Å². The highest BCUT2D eigenvalue weighted by Gasteiger charge is 2.09. The molecule has 0 bridgehead atoms. The third kappa shape index (κ3) is 15.4. The Morgan fingerprint density at radius 2 is 0.974 bits per heavy atom. The summed E-state index contributed by atoms with van der Waals surface area (Å²) in [7, 11) is 0. The third-order valence-corrected chi connectivity index (χ3v) is 7.42. The first kappa shape index (κ1) is 32.2. The Hall–Kier alpha value is -2.03. The fourth-order valence-corrected chi connectivity index (χ4v) is 4.98. The molecule has 0 saturated heterocycles. The molecule has 0 aliphatic heterocycles. The molecule has 0 spiro atoms. The predicted octanol–water partition coefficient (Wildman–Crippen LogP) is 11.3. The molecule has 0 amide bonds. The van der Waals surface area contributed by atoms with Gasteiger partial charge in [-0.05, 0) is 43.2 Å². The minimum Gasteiger partial charge on any atom is -0.490 e. The zero-order chi connectivity index (χ0) is 26.9. The lowest BCUT2D eigenvalue weighted by molar-refractivity contribution is 0.258. The third-order valence-electron chi connectivity index (χ3n) is 7.42. The van der Waals surface area contributed by atoms with Crippen molar-refractivity contribution in [3.63, 3.8) is 0 Å². The van der Waals surface area contributed by atoms with E-state index in [1.807, 2.05) is 24.4 Å². The molecule has 214 valence electrons. The van der Waals surface area contributed by atoms with Crippen molar-refractivity contribution in [1.29, 1.82) is 0 Å². The lowest BCUT2D eigenvalue weighted by Crippen LogP contribution is -2.03.